The summed E-state index contributed by atoms with van der Waals surface area (Å²) in [6.45, 7) is 3.47. The van der Waals surface area contributed by atoms with Crippen molar-refractivity contribution in [3.05, 3.63) is 0 Å². The average Bonchev–Trinajstić information content (AvgIpc) is 2.68. The Morgan fingerprint density at radius 3 is 1.70 bits per heavy atom. The summed E-state index contributed by atoms with van der Waals surface area (Å²) < 4.78 is 25.7. The maximum Gasteiger partial charge on any atom is 0.469 e. The van der Waals surface area contributed by atoms with Crippen LogP contribution in [0.3, 0.4) is 0 Å². The normalized spacial score (nSPS) is 12.5. The number of rotatable bonds is 20. The smallest absolute Gasteiger partial charge is 0.462 e. The van der Waals surface area contributed by atoms with Gasteiger partial charge in [-0.05, 0) is 12.8 Å². The second-order valence-electron chi connectivity index (χ2n) is 7.62. The number of unbranched alkanes of at least 4 members (excludes halogenated alkanes) is 10. The predicted octanol–water partition coefficient (Wildman–Crippen LogP) is 5.05. The number of phosphoric ester groups is 1. The lowest BCUT2D eigenvalue weighted by Crippen LogP contribution is -2.29. The molecule has 0 aliphatic carbocycles. The zero-order valence-electron chi connectivity index (χ0n) is 18.7. The Balaban J connectivity index is 4.21. The van der Waals surface area contributed by atoms with E-state index in [1.807, 2.05) is 0 Å². The van der Waals surface area contributed by atoms with Crippen molar-refractivity contribution in [3.63, 3.8) is 0 Å². The molecule has 9 heteroatoms. The highest BCUT2D eigenvalue weighted by Gasteiger charge is 2.22. The Hall–Kier alpha value is -0.950. The Morgan fingerprint density at radius 2 is 1.20 bits per heavy atom. The molecule has 178 valence electrons. The summed E-state index contributed by atoms with van der Waals surface area (Å²) in [4.78, 5) is 41.6. The SMILES string of the molecule is CCCCCCCCC(=O)OC[C@@H](COP(=O)(O)O)OC(=O)CCCCCCCC. The first kappa shape index (κ1) is 29.1. The number of carbonyl (C=O) groups excluding carboxylic acids is 2. The fourth-order valence-electron chi connectivity index (χ4n) is 2.90. The molecule has 0 heterocycles. The molecule has 0 spiro atoms. The first-order chi connectivity index (χ1) is 14.3. The van der Waals surface area contributed by atoms with Crippen molar-refractivity contribution in [1.82, 2.24) is 0 Å². The van der Waals surface area contributed by atoms with Gasteiger partial charge in [-0.2, -0.15) is 0 Å². The van der Waals surface area contributed by atoms with E-state index in [1.54, 1.807) is 0 Å². The monoisotopic (exact) mass is 452 g/mol. The number of phosphoric acid groups is 1. The minimum absolute atomic E-state index is 0.213. The molecule has 0 radical (unpaired) electrons. The molecule has 0 saturated carbocycles. The maximum atomic E-state index is 12.0. The zero-order valence-corrected chi connectivity index (χ0v) is 19.6. The van der Waals surface area contributed by atoms with E-state index in [9.17, 15) is 14.2 Å². The molecule has 0 aromatic heterocycles. The molecule has 0 fully saturated rings. The summed E-state index contributed by atoms with van der Waals surface area (Å²) in [7, 11) is -4.71. The average molecular weight is 453 g/mol. The van der Waals surface area contributed by atoms with E-state index < -0.39 is 32.5 Å². The van der Waals surface area contributed by atoms with E-state index in [2.05, 4.69) is 18.4 Å². The summed E-state index contributed by atoms with van der Waals surface area (Å²) in [5, 5.41) is 0. The lowest BCUT2D eigenvalue weighted by atomic mass is 10.1. The van der Waals surface area contributed by atoms with Gasteiger partial charge in [-0.1, -0.05) is 78.1 Å². The topological polar surface area (TPSA) is 119 Å². The fourth-order valence-corrected chi connectivity index (χ4v) is 3.26. The Kier molecular flexibility index (Phi) is 18.2. The van der Waals surface area contributed by atoms with Crippen LogP contribution in [0, 0.1) is 0 Å². The van der Waals surface area contributed by atoms with Crippen molar-refractivity contribution in [2.24, 2.45) is 0 Å². The summed E-state index contributed by atoms with van der Waals surface area (Å²) >= 11 is 0. The minimum Gasteiger partial charge on any atom is -0.462 e. The van der Waals surface area contributed by atoms with Gasteiger partial charge in [0.15, 0.2) is 6.10 Å². The van der Waals surface area contributed by atoms with Crippen LogP contribution in [0.2, 0.25) is 0 Å². The van der Waals surface area contributed by atoms with Crippen LogP contribution in [0.1, 0.15) is 104 Å². The third-order valence-electron chi connectivity index (χ3n) is 4.63. The minimum atomic E-state index is -4.71. The molecule has 0 rings (SSSR count). The van der Waals surface area contributed by atoms with Crippen LogP contribution in [0.4, 0.5) is 0 Å². The third kappa shape index (κ3) is 20.3. The third-order valence-corrected chi connectivity index (χ3v) is 5.11. The van der Waals surface area contributed by atoms with E-state index in [1.165, 1.54) is 12.8 Å². The van der Waals surface area contributed by atoms with Crippen molar-refractivity contribution >= 4 is 19.8 Å². The first-order valence-corrected chi connectivity index (χ1v) is 12.9. The number of ether oxygens (including phenoxy) is 2. The van der Waals surface area contributed by atoms with Gasteiger partial charge in [0.2, 0.25) is 0 Å². The zero-order chi connectivity index (χ0) is 22.7. The highest BCUT2D eigenvalue weighted by molar-refractivity contribution is 7.46. The highest BCUT2D eigenvalue weighted by atomic mass is 31.2. The van der Waals surface area contributed by atoms with Crippen LogP contribution in [0.15, 0.2) is 0 Å². The van der Waals surface area contributed by atoms with Gasteiger partial charge in [0.05, 0.1) is 6.61 Å². The molecule has 30 heavy (non-hydrogen) atoms. The second-order valence-corrected chi connectivity index (χ2v) is 8.86. The van der Waals surface area contributed by atoms with E-state index >= 15 is 0 Å². The molecule has 0 amide bonds. The van der Waals surface area contributed by atoms with Gasteiger partial charge in [-0.25, -0.2) is 4.57 Å². The molecule has 0 aromatic carbocycles. The summed E-state index contributed by atoms with van der Waals surface area (Å²) in [5.74, 6) is -0.907. The lowest BCUT2D eigenvalue weighted by molar-refractivity contribution is -0.161. The van der Waals surface area contributed by atoms with Crippen LogP contribution in [0.5, 0.6) is 0 Å². The van der Waals surface area contributed by atoms with Gasteiger partial charge in [0, 0.05) is 12.8 Å². The van der Waals surface area contributed by atoms with Gasteiger partial charge in [0.25, 0.3) is 0 Å². The number of esters is 2. The van der Waals surface area contributed by atoms with Crippen LogP contribution >= 0.6 is 7.82 Å². The lowest BCUT2D eigenvalue weighted by Gasteiger charge is -2.18. The molecule has 0 aliphatic rings. The molecular weight excluding hydrogens is 411 g/mol. The van der Waals surface area contributed by atoms with Crippen molar-refractivity contribution in [2.75, 3.05) is 13.2 Å². The molecule has 8 nitrogen and oxygen atoms in total. The van der Waals surface area contributed by atoms with Gasteiger partial charge < -0.3 is 19.3 Å². The van der Waals surface area contributed by atoms with Crippen molar-refractivity contribution in [3.8, 4) is 0 Å². The number of hydrogen-bond acceptors (Lipinski definition) is 6. The van der Waals surface area contributed by atoms with E-state index in [0.29, 0.717) is 6.42 Å². The van der Waals surface area contributed by atoms with E-state index in [-0.39, 0.29) is 19.4 Å². The Morgan fingerprint density at radius 1 is 0.733 bits per heavy atom. The summed E-state index contributed by atoms with van der Waals surface area (Å²) in [6.07, 6.45) is 11.8. The Bertz CT molecular complexity index is 491. The van der Waals surface area contributed by atoms with Crippen molar-refractivity contribution < 1.29 is 37.9 Å². The summed E-state index contributed by atoms with van der Waals surface area (Å²) in [5.41, 5.74) is 0. The molecule has 0 bridgehead atoms. The van der Waals surface area contributed by atoms with Gasteiger partial charge >= 0.3 is 19.8 Å². The van der Waals surface area contributed by atoms with Crippen LogP contribution < -0.4 is 0 Å². The largest absolute Gasteiger partial charge is 0.469 e. The van der Waals surface area contributed by atoms with Crippen molar-refractivity contribution in [2.45, 2.75) is 110 Å². The van der Waals surface area contributed by atoms with Gasteiger partial charge in [-0.3, -0.25) is 14.1 Å². The summed E-state index contributed by atoms with van der Waals surface area (Å²) in [6, 6.07) is 0. The van der Waals surface area contributed by atoms with Crippen molar-refractivity contribution in [1.29, 1.82) is 0 Å². The molecular formula is C21H41O8P. The maximum absolute atomic E-state index is 12.0. The number of carbonyl (C=O) groups is 2. The van der Waals surface area contributed by atoms with Crippen LogP contribution in [-0.4, -0.2) is 41.0 Å². The molecule has 0 aromatic rings. The molecule has 2 N–H and O–H groups in total. The second kappa shape index (κ2) is 18.8. The highest BCUT2D eigenvalue weighted by Crippen LogP contribution is 2.35. The predicted molar refractivity (Wildman–Crippen MR) is 115 cm³/mol. The fraction of sp³-hybridized carbons (Fsp3) is 0.905. The van der Waals surface area contributed by atoms with E-state index in [0.717, 1.165) is 57.8 Å². The van der Waals surface area contributed by atoms with Crippen LogP contribution in [-0.2, 0) is 28.2 Å². The molecule has 0 unspecified atom stereocenters. The van der Waals surface area contributed by atoms with E-state index in [4.69, 9.17) is 19.3 Å². The number of hydrogen-bond donors (Lipinski definition) is 2. The molecule has 1 atom stereocenters. The van der Waals surface area contributed by atoms with Crippen LogP contribution in [0.25, 0.3) is 0 Å². The standard InChI is InChI=1S/C21H41O8P/c1-3-5-7-9-11-13-15-20(22)27-17-19(18-28-30(24,25)26)29-21(23)16-14-12-10-8-6-4-2/h19H,3-18H2,1-2H3,(H2,24,25,26)/t19-/m0/s1. The Labute approximate surface area is 181 Å². The molecule has 0 aliphatic heterocycles. The van der Waals surface area contributed by atoms with Gasteiger partial charge in [-0.15, -0.1) is 0 Å². The quantitative estimate of drug-likeness (QED) is 0.150. The first-order valence-electron chi connectivity index (χ1n) is 11.3. The van der Waals surface area contributed by atoms with Gasteiger partial charge in [0.1, 0.15) is 6.61 Å². The molecule has 0 saturated heterocycles.